The molecule has 1 aliphatic heterocycles. The van der Waals surface area contributed by atoms with Crippen molar-refractivity contribution in [2.75, 3.05) is 33.4 Å². The molecule has 0 spiro atoms. The molecule has 1 unspecified atom stereocenters. The number of rotatable bonds is 7. The lowest BCUT2D eigenvalue weighted by Gasteiger charge is -2.26. The van der Waals surface area contributed by atoms with Gasteiger partial charge in [0.25, 0.3) is 0 Å². The Bertz CT molecular complexity index is 1060. The van der Waals surface area contributed by atoms with Gasteiger partial charge in [-0.3, -0.25) is 4.79 Å². The quantitative estimate of drug-likeness (QED) is 0.470. The van der Waals surface area contributed by atoms with Gasteiger partial charge in [-0.25, -0.2) is 17.6 Å². The Morgan fingerprint density at radius 3 is 2.29 bits per heavy atom. The van der Waals surface area contributed by atoms with E-state index in [1.807, 2.05) is 0 Å². The van der Waals surface area contributed by atoms with Gasteiger partial charge in [0, 0.05) is 18.7 Å². The maximum Gasteiger partial charge on any atom is 0.338 e. The van der Waals surface area contributed by atoms with Crippen molar-refractivity contribution in [3.63, 3.8) is 0 Å². The van der Waals surface area contributed by atoms with Crippen LogP contribution in [0.25, 0.3) is 0 Å². The summed E-state index contributed by atoms with van der Waals surface area (Å²) in [5.41, 5.74) is 0.137. The second kappa shape index (κ2) is 9.54. The normalized spacial score (nSPS) is 15.8. The van der Waals surface area contributed by atoms with Crippen molar-refractivity contribution >= 4 is 21.8 Å². The van der Waals surface area contributed by atoms with Crippen LogP contribution in [0.5, 0.6) is 5.75 Å². The van der Waals surface area contributed by atoms with Gasteiger partial charge in [0.05, 0.1) is 25.9 Å². The van der Waals surface area contributed by atoms with E-state index in [9.17, 15) is 22.4 Å². The molecule has 3 rings (SSSR count). The molecule has 1 fully saturated rings. The maximum atomic E-state index is 14.3. The minimum atomic E-state index is -4.15. The molecule has 0 N–H and O–H groups in total. The first-order valence-electron chi connectivity index (χ1n) is 9.50. The van der Waals surface area contributed by atoms with Gasteiger partial charge in [-0.1, -0.05) is 0 Å². The molecule has 31 heavy (non-hydrogen) atoms. The number of ether oxygens (including phenoxy) is 3. The van der Waals surface area contributed by atoms with Crippen LogP contribution in [-0.2, 0) is 19.5 Å². The summed E-state index contributed by atoms with van der Waals surface area (Å²) >= 11 is 0. The summed E-state index contributed by atoms with van der Waals surface area (Å²) in [7, 11) is -2.65. The highest BCUT2D eigenvalue weighted by Gasteiger charge is 2.30. The average Bonchev–Trinajstić information content (AvgIpc) is 2.79. The standard InChI is InChI=1S/C21H22FNO7S/c1-14(20(24)15-3-6-17(28-2)7-4-15)30-21(25)16-5-8-18(22)19(13-16)31(26,27)23-9-11-29-12-10-23/h3-8,13-14H,9-12H2,1-2H3. The van der Waals surface area contributed by atoms with Crippen LogP contribution in [0.3, 0.4) is 0 Å². The van der Waals surface area contributed by atoms with Crippen molar-refractivity contribution in [2.24, 2.45) is 0 Å². The lowest BCUT2D eigenvalue weighted by Crippen LogP contribution is -2.41. The van der Waals surface area contributed by atoms with Crippen molar-refractivity contribution < 1.29 is 36.6 Å². The predicted molar refractivity (Wildman–Crippen MR) is 108 cm³/mol. The second-order valence-electron chi connectivity index (χ2n) is 6.80. The van der Waals surface area contributed by atoms with Crippen LogP contribution in [0.4, 0.5) is 4.39 Å². The van der Waals surface area contributed by atoms with E-state index < -0.39 is 38.6 Å². The van der Waals surface area contributed by atoms with Crippen molar-refractivity contribution in [3.8, 4) is 5.75 Å². The Balaban J connectivity index is 1.77. The molecule has 0 aliphatic carbocycles. The SMILES string of the molecule is COc1ccc(C(=O)C(C)OC(=O)c2ccc(F)c(S(=O)(=O)N3CCOCC3)c2)cc1. The highest BCUT2D eigenvalue weighted by atomic mass is 32.2. The van der Waals surface area contributed by atoms with E-state index in [0.717, 1.165) is 22.5 Å². The smallest absolute Gasteiger partial charge is 0.338 e. The number of Topliss-reactive ketones (excluding diaryl/α,β-unsaturated/α-hetero) is 1. The lowest BCUT2D eigenvalue weighted by atomic mass is 10.1. The van der Waals surface area contributed by atoms with Gasteiger partial charge >= 0.3 is 5.97 Å². The first-order chi connectivity index (χ1) is 14.7. The zero-order chi connectivity index (χ0) is 22.6. The lowest BCUT2D eigenvalue weighted by molar-refractivity contribution is 0.0318. The van der Waals surface area contributed by atoms with Crippen LogP contribution in [0.15, 0.2) is 47.4 Å². The van der Waals surface area contributed by atoms with Crippen molar-refractivity contribution in [1.29, 1.82) is 0 Å². The number of methoxy groups -OCH3 is 1. The molecule has 1 aliphatic rings. The number of halogens is 1. The first kappa shape index (κ1) is 22.9. The highest BCUT2D eigenvalue weighted by molar-refractivity contribution is 7.89. The fourth-order valence-electron chi connectivity index (χ4n) is 3.03. The molecule has 1 saturated heterocycles. The van der Waals surface area contributed by atoms with E-state index in [-0.39, 0.29) is 31.9 Å². The number of nitrogens with zero attached hydrogens (tertiary/aromatic N) is 1. The van der Waals surface area contributed by atoms with Gasteiger partial charge in [0.15, 0.2) is 6.10 Å². The zero-order valence-corrected chi connectivity index (χ0v) is 17.9. The molecule has 166 valence electrons. The number of carbonyl (C=O) groups is 2. The molecule has 0 amide bonds. The van der Waals surface area contributed by atoms with E-state index >= 15 is 0 Å². The van der Waals surface area contributed by atoms with Crippen LogP contribution in [-0.4, -0.2) is 64.0 Å². The average molecular weight is 451 g/mol. The van der Waals surface area contributed by atoms with Crippen molar-refractivity contribution in [3.05, 3.63) is 59.4 Å². The van der Waals surface area contributed by atoms with Crippen molar-refractivity contribution in [2.45, 2.75) is 17.9 Å². The highest BCUT2D eigenvalue weighted by Crippen LogP contribution is 2.23. The largest absolute Gasteiger partial charge is 0.497 e. The third-order valence-corrected chi connectivity index (χ3v) is 6.70. The van der Waals surface area contributed by atoms with E-state index in [0.29, 0.717) is 11.3 Å². The van der Waals surface area contributed by atoms with E-state index in [1.165, 1.54) is 26.2 Å². The number of carbonyl (C=O) groups excluding carboxylic acids is 2. The monoisotopic (exact) mass is 451 g/mol. The Hall–Kier alpha value is -2.82. The van der Waals surface area contributed by atoms with Crippen LogP contribution in [0, 0.1) is 5.82 Å². The summed E-state index contributed by atoms with van der Waals surface area (Å²) in [5.74, 6) is -1.79. The van der Waals surface area contributed by atoms with Crippen LogP contribution in [0.1, 0.15) is 27.6 Å². The summed E-state index contributed by atoms with van der Waals surface area (Å²) in [6.45, 7) is 1.98. The molecule has 0 saturated carbocycles. The number of esters is 1. The number of sulfonamides is 1. The number of hydrogen-bond acceptors (Lipinski definition) is 7. The van der Waals surface area contributed by atoms with E-state index in [2.05, 4.69) is 0 Å². The number of ketones is 1. The number of morpholine rings is 1. The third kappa shape index (κ3) is 5.09. The molecule has 2 aromatic carbocycles. The first-order valence-corrected chi connectivity index (χ1v) is 10.9. The summed E-state index contributed by atoms with van der Waals surface area (Å²) < 4.78 is 56.3. The Morgan fingerprint density at radius 1 is 1.06 bits per heavy atom. The summed E-state index contributed by atoms with van der Waals surface area (Å²) in [5, 5.41) is 0. The number of hydrogen-bond donors (Lipinski definition) is 0. The van der Waals surface area contributed by atoms with Gasteiger partial charge < -0.3 is 14.2 Å². The molecule has 0 radical (unpaired) electrons. The Morgan fingerprint density at radius 2 is 1.68 bits per heavy atom. The maximum absolute atomic E-state index is 14.3. The molecule has 1 heterocycles. The Labute approximate surface area is 179 Å². The molecule has 1 atom stereocenters. The van der Waals surface area contributed by atoms with E-state index in [1.54, 1.807) is 12.1 Å². The zero-order valence-electron chi connectivity index (χ0n) is 17.0. The fourth-order valence-corrected chi connectivity index (χ4v) is 4.52. The van der Waals surface area contributed by atoms with Crippen LogP contribution >= 0.6 is 0 Å². The van der Waals surface area contributed by atoms with Crippen LogP contribution in [0.2, 0.25) is 0 Å². The van der Waals surface area contributed by atoms with Crippen molar-refractivity contribution in [1.82, 2.24) is 4.31 Å². The van der Waals surface area contributed by atoms with Gasteiger partial charge in [-0.2, -0.15) is 4.31 Å². The van der Waals surface area contributed by atoms with E-state index in [4.69, 9.17) is 14.2 Å². The molecule has 0 bridgehead atoms. The predicted octanol–water partition coefficient (Wildman–Crippen LogP) is 2.28. The Kier molecular flexibility index (Phi) is 7.04. The minimum absolute atomic E-state index is 0.0871. The molecule has 8 nitrogen and oxygen atoms in total. The molecular formula is C21H22FNO7S. The summed E-state index contributed by atoms with van der Waals surface area (Å²) in [4.78, 5) is 24.4. The second-order valence-corrected chi connectivity index (χ2v) is 8.71. The van der Waals surface area contributed by atoms with Gasteiger partial charge in [0.1, 0.15) is 16.5 Å². The molecular weight excluding hydrogens is 429 g/mol. The fraction of sp³-hybridized carbons (Fsp3) is 0.333. The minimum Gasteiger partial charge on any atom is -0.497 e. The van der Waals surface area contributed by atoms with Crippen LogP contribution < -0.4 is 4.74 Å². The van der Waals surface area contributed by atoms with Gasteiger partial charge in [-0.15, -0.1) is 0 Å². The van der Waals surface area contributed by atoms with Gasteiger partial charge in [0.2, 0.25) is 15.8 Å². The molecule has 0 aromatic heterocycles. The topological polar surface area (TPSA) is 99.2 Å². The van der Waals surface area contributed by atoms with Gasteiger partial charge in [-0.05, 0) is 49.4 Å². The molecule has 2 aromatic rings. The summed E-state index contributed by atoms with van der Waals surface area (Å²) in [6.07, 6.45) is -1.13. The molecule has 10 heteroatoms. The third-order valence-electron chi connectivity index (χ3n) is 4.78. The number of benzene rings is 2. The summed E-state index contributed by atoms with van der Waals surface area (Å²) in [6, 6.07) is 9.20.